The van der Waals surface area contributed by atoms with Crippen molar-refractivity contribution in [2.75, 3.05) is 24.9 Å². The van der Waals surface area contributed by atoms with E-state index >= 15 is 0 Å². The van der Waals surface area contributed by atoms with Crippen LogP contribution in [0.15, 0.2) is 35.2 Å². The summed E-state index contributed by atoms with van der Waals surface area (Å²) in [5.41, 5.74) is 0.154. The quantitative estimate of drug-likeness (QED) is 0.714. The smallest absolute Gasteiger partial charge is 0.263 e. The fraction of sp³-hybridized carbons (Fsp3) is 0.294. The summed E-state index contributed by atoms with van der Waals surface area (Å²) in [4.78, 5) is 1.54. The Bertz CT molecular complexity index is 973. The Morgan fingerprint density at radius 3 is 2.52 bits per heavy atom. The van der Waals surface area contributed by atoms with Crippen LogP contribution in [0.3, 0.4) is 0 Å². The molecule has 0 aromatic heterocycles. The molecule has 0 unspecified atom stereocenters. The van der Waals surface area contributed by atoms with Crippen molar-refractivity contribution >= 4 is 38.9 Å². The first-order valence-electron chi connectivity index (χ1n) is 7.98. The number of hydrogen-bond acceptors (Lipinski definition) is 4. The third-order valence-electron chi connectivity index (χ3n) is 4.09. The largest absolute Gasteiger partial charge is 0.487 e. The molecule has 0 amide bonds. The van der Waals surface area contributed by atoms with Crippen molar-refractivity contribution < 1.29 is 21.9 Å². The fourth-order valence-corrected chi connectivity index (χ4v) is 4.49. The van der Waals surface area contributed by atoms with Crippen molar-refractivity contribution in [1.29, 1.82) is 0 Å². The SMILES string of the molecule is CN1CC[C@H](Oc2cc(NS(=O)(=O)c3cc(F)c(F)cc3Cl)ccc2Cl)C1. The van der Waals surface area contributed by atoms with E-state index in [1.807, 2.05) is 7.05 Å². The molecular formula is C17H16Cl2F2N2O3S. The molecular weight excluding hydrogens is 421 g/mol. The maximum atomic E-state index is 13.4. The molecule has 1 fully saturated rings. The minimum atomic E-state index is -4.24. The predicted octanol–water partition coefficient (Wildman–Crippen LogP) is 4.16. The monoisotopic (exact) mass is 436 g/mol. The number of nitrogens with one attached hydrogen (secondary N) is 1. The van der Waals surface area contributed by atoms with Crippen LogP contribution in [0.2, 0.25) is 10.0 Å². The Morgan fingerprint density at radius 2 is 1.85 bits per heavy atom. The van der Waals surface area contributed by atoms with E-state index in [0.717, 1.165) is 19.5 Å². The number of rotatable bonds is 5. The van der Waals surface area contributed by atoms with Gasteiger partial charge in [0.2, 0.25) is 0 Å². The molecule has 1 saturated heterocycles. The molecule has 0 aliphatic carbocycles. The standard InChI is InChI=1S/C17H16Cl2F2N2O3S/c1-23-5-4-11(9-23)26-16-6-10(2-3-12(16)18)22-27(24,25)17-8-15(21)14(20)7-13(17)19/h2-3,6-8,11,22H,4-5,9H2,1H3/t11-/m0/s1. The molecule has 2 aromatic rings. The molecule has 0 saturated carbocycles. The van der Waals surface area contributed by atoms with Gasteiger partial charge in [0, 0.05) is 19.2 Å². The first-order chi connectivity index (χ1) is 12.7. The zero-order chi connectivity index (χ0) is 19.8. The van der Waals surface area contributed by atoms with Crippen LogP contribution in [0.5, 0.6) is 5.75 Å². The highest BCUT2D eigenvalue weighted by molar-refractivity contribution is 7.92. The normalized spacial score (nSPS) is 17.9. The first-order valence-corrected chi connectivity index (χ1v) is 10.2. The molecule has 1 heterocycles. The Morgan fingerprint density at radius 1 is 1.15 bits per heavy atom. The highest BCUT2D eigenvalue weighted by atomic mass is 35.5. The van der Waals surface area contributed by atoms with E-state index in [-0.39, 0.29) is 11.8 Å². The minimum absolute atomic E-state index is 0.0556. The molecule has 0 spiro atoms. The molecule has 1 N–H and O–H groups in total. The maximum Gasteiger partial charge on any atom is 0.263 e. The van der Waals surface area contributed by atoms with Gasteiger partial charge in [0.05, 0.1) is 15.7 Å². The Labute approximate surface area is 165 Å². The van der Waals surface area contributed by atoms with Crippen LogP contribution in [0.1, 0.15) is 6.42 Å². The van der Waals surface area contributed by atoms with Gasteiger partial charge in [-0.05, 0) is 37.7 Å². The van der Waals surface area contributed by atoms with Gasteiger partial charge >= 0.3 is 0 Å². The number of likely N-dealkylation sites (N-methyl/N-ethyl adjacent to an activating group) is 1. The number of hydrogen-bond donors (Lipinski definition) is 1. The van der Waals surface area contributed by atoms with Crippen LogP contribution in [0, 0.1) is 11.6 Å². The molecule has 2 aromatic carbocycles. The molecule has 27 heavy (non-hydrogen) atoms. The van der Waals surface area contributed by atoms with E-state index in [4.69, 9.17) is 27.9 Å². The number of anilines is 1. The molecule has 1 atom stereocenters. The average molecular weight is 437 g/mol. The lowest BCUT2D eigenvalue weighted by Gasteiger charge is -2.16. The maximum absolute atomic E-state index is 13.4. The predicted molar refractivity (Wildman–Crippen MR) is 100 cm³/mol. The number of likely N-dealkylation sites (tertiary alicyclic amines) is 1. The van der Waals surface area contributed by atoms with Crippen molar-refractivity contribution in [2.24, 2.45) is 0 Å². The lowest BCUT2D eigenvalue weighted by molar-refractivity contribution is 0.208. The number of nitrogens with zero attached hydrogens (tertiary/aromatic N) is 1. The molecule has 0 radical (unpaired) electrons. The van der Waals surface area contributed by atoms with Crippen LogP contribution < -0.4 is 9.46 Å². The topological polar surface area (TPSA) is 58.6 Å². The third-order valence-corrected chi connectivity index (χ3v) is 6.25. The number of benzene rings is 2. The van der Waals surface area contributed by atoms with Gasteiger partial charge in [-0.25, -0.2) is 17.2 Å². The van der Waals surface area contributed by atoms with E-state index in [1.165, 1.54) is 18.2 Å². The zero-order valence-electron chi connectivity index (χ0n) is 14.2. The van der Waals surface area contributed by atoms with Gasteiger partial charge in [-0.15, -0.1) is 0 Å². The average Bonchev–Trinajstić information content (AvgIpc) is 2.98. The Hall–Kier alpha value is -1.61. The van der Waals surface area contributed by atoms with Crippen LogP contribution in [-0.4, -0.2) is 39.6 Å². The van der Waals surface area contributed by atoms with Crippen molar-refractivity contribution in [3.63, 3.8) is 0 Å². The van der Waals surface area contributed by atoms with E-state index in [9.17, 15) is 17.2 Å². The van der Waals surface area contributed by atoms with E-state index in [1.54, 1.807) is 0 Å². The molecule has 0 bridgehead atoms. The van der Waals surface area contributed by atoms with Crippen molar-refractivity contribution in [3.8, 4) is 5.75 Å². The van der Waals surface area contributed by atoms with E-state index in [0.29, 0.717) is 22.9 Å². The Balaban J connectivity index is 1.85. The number of sulfonamides is 1. The molecule has 1 aliphatic rings. The summed E-state index contributed by atoms with van der Waals surface area (Å²) in [6, 6.07) is 5.49. The van der Waals surface area contributed by atoms with Gasteiger partial charge in [0.15, 0.2) is 11.6 Å². The lowest BCUT2D eigenvalue weighted by atomic mass is 10.3. The Kier molecular flexibility index (Phi) is 5.81. The van der Waals surface area contributed by atoms with Crippen molar-refractivity contribution in [3.05, 3.63) is 52.0 Å². The zero-order valence-corrected chi connectivity index (χ0v) is 16.5. The molecule has 146 valence electrons. The second-order valence-corrected chi connectivity index (χ2v) is 8.70. The summed E-state index contributed by atoms with van der Waals surface area (Å²) in [5.74, 6) is -2.22. The van der Waals surface area contributed by atoms with Crippen molar-refractivity contribution in [1.82, 2.24) is 4.90 Å². The van der Waals surface area contributed by atoms with Crippen LogP contribution >= 0.6 is 23.2 Å². The molecule has 10 heteroatoms. The third kappa shape index (κ3) is 4.63. The minimum Gasteiger partial charge on any atom is -0.487 e. The summed E-state index contributed by atoms with van der Waals surface area (Å²) < 4.78 is 59.8. The summed E-state index contributed by atoms with van der Waals surface area (Å²) in [6.07, 6.45) is 0.771. The van der Waals surface area contributed by atoms with Gasteiger partial charge in [-0.3, -0.25) is 4.72 Å². The summed E-state index contributed by atoms with van der Waals surface area (Å²) >= 11 is 11.9. The van der Waals surface area contributed by atoms with Gasteiger partial charge in [-0.1, -0.05) is 23.2 Å². The van der Waals surface area contributed by atoms with Crippen LogP contribution in [0.25, 0.3) is 0 Å². The highest BCUT2D eigenvalue weighted by Crippen LogP contribution is 2.32. The summed E-state index contributed by atoms with van der Waals surface area (Å²) in [7, 11) is -2.27. The van der Waals surface area contributed by atoms with Crippen molar-refractivity contribution in [2.45, 2.75) is 17.4 Å². The van der Waals surface area contributed by atoms with Gasteiger partial charge in [0.25, 0.3) is 10.0 Å². The number of halogens is 4. The van der Waals surface area contributed by atoms with Crippen LogP contribution in [0.4, 0.5) is 14.5 Å². The second-order valence-electron chi connectivity index (χ2n) is 6.24. The summed E-state index contributed by atoms with van der Waals surface area (Å²) in [6.45, 7) is 1.62. The number of ether oxygens (including phenoxy) is 1. The van der Waals surface area contributed by atoms with E-state index < -0.39 is 31.6 Å². The molecule has 1 aliphatic heterocycles. The molecule has 5 nitrogen and oxygen atoms in total. The summed E-state index contributed by atoms with van der Waals surface area (Å²) in [5, 5.41) is -0.0980. The fourth-order valence-electron chi connectivity index (χ4n) is 2.75. The molecule has 3 rings (SSSR count). The van der Waals surface area contributed by atoms with Gasteiger partial charge in [0.1, 0.15) is 16.7 Å². The van der Waals surface area contributed by atoms with Gasteiger partial charge in [-0.2, -0.15) is 0 Å². The highest BCUT2D eigenvalue weighted by Gasteiger charge is 2.24. The first kappa shape index (κ1) is 20.1. The van der Waals surface area contributed by atoms with E-state index in [2.05, 4.69) is 9.62 Å². The lowest BCUT2D eigenvalue weighted by Crippen LogP contribution is -2.21. The van der Waals surface area contributed by atoms with Gasteiger partial charge < -0.3 is 9.64 Å². The van der Waals surface area contributed by atoms with Crippen LogP contribution in [-0.2, 0) is 10.0 Å². The second kappa shape index (κ2) is 7.79.